The summed E-state index contributed by atoms with van der Waals surface area (Å²) in [7, 11) is 0. The van der Waals surface area contributed by atoms with Crippen molar-refractivity contribution in [1.82, 2.24) is 5.32 Å². The van der Waals surface area contributed by atoms with Crippen LogP contribution in [0.25, 0.3) is 0 Å². The number of benzene rings is 1. The normalized spacial score (nSPS) is 12.2. The molecule has 0 aliphatic rings. The molecule has 0 spiro atoms. The summed E-state index contributed by atoms with van der Waals surface area (Å²) in [5, 5.41) is 20.7. The molecule has 1 unspecified atom stereocenters. The van der Waals surface area contributed by atoms with Crippen molar-refractivity contribution in [3.05, 3.63) is 29.8 Å². The van der Waals surface area contributed by atoms with Crippen molar-refractivity contribution in [3.63, 3.8) is 0 Å². The van der Waals surface area contributed by atoms with E-state index in [0.29, 0.717) is 5.56 Å². The molecule has 0 saturated carbocycles. The van der Waals surface area contributed by atoms with Gasteiger partial charge in [-0.2, -0.15) is 0 Å². The second kappa shape index (κ2) is 7.49. The van der Waals surface area contributed by atoms with Gasteiger partial charge in [-0.3, -0.25) is 4.79 Å². The molecule has 3 N–H and O–H groups in total. The number of rotatable bonds is 7. The van der Waals surface area contributed by atoms with Crippen molar-refractivity contribution in [3.8, 4) is 5.75 Å². The first-order valence-corrected chi connectivity index (χ1v) is 6.30. The van der Waals surface area contributed by atoms with Crippen molar-refractivity contribution in [2.24, 2.45) is 0 Å². The second-order valence-electron chi connectivity index (χ2n) is 4.69. The van der Waals surface area contributed by atoms with Gasteiger partial charge in [0, 0.05) is 6.42 Å². The summed E-state index contributed by atoms with van der Waals surface area (Å²) in [4.78, 5) is 22.7. The Bertz CT molecular complexity index is 455. The number of ether oxygens (including phenoxy) is 1. The zero-order valence-corrected chi connectivity index (χ0v) is 11.5. The standard InChI is InChI=1S/C14H19NO5/c1-9(2)20-8-13(17)15-12(14(18)19)7-10-3-5-11(16)6-4-10/h3-6,9,12,16H,7-8H2,1-2H3,(H,15,17)(H,18,19). The molecule has 0 heterocycles. The van der Waals surface area contributed by atoms with E-state index in [4.69, 9.17) is 14.9 Å². The Hall–Kier alpha value is -2.08. The van der Waals surface area contributed by atoms with Gasteiger partial charge in [0.2, 0.25) is 5.91 Å². The maximum absolute atomic E-state index is 11.6. The Morgan fingerprint density at radius 1 is 1.25 bits per heavy atom. The van der Waals surface area contributed by atoms with Crippen molar-refractivity contribution in [1.29, 1.82) is 0 Å². The molecular formula is C14H19NO5. The minimum Gasteiger partial charge on any atom is -0.508 e. The molecule has 1 rings (SSSR count). The number of phenolic OH excluding ortho intramolecular Hbond substituents is 1. The third-order valence-corrected chi connectivity index (χ3v) is 2.56. The Balaban J connectivity index is 2.58. The first kappa shape index (κ1) is 16.0. The number of hydrogen-bond acceptors (Lipinski definition) is 4. The Morgan fingerprint density at radius 3 is 2.35 bits per heavy atom. The van der Waals surface area contributed by atoms with E-state index in [2.05, 4.69) is 5.32 Å². The molecule has 6 heteroatoms. The fourth-order valence-corrected chi connectivity index (χ4v) is 1.55. The lowest BCUT2D eigenvalue weighted by molar-refractivity contribution is -0.142. The third kappa shape index (κ3) is 5.71. The number of carboxylic acids is 1. The van der Waals surface area contributed by atoms with E-state index in [1.54, 1.807) is 26.0 Å². The number of aliphatic carboxylic acids is 1. The third-order valence-electron chi connectivity index (χ3n) is 2.56. The minimum atomic E-state index is -1.11. The van der Waals surface area contributed by atoms with Crippen LogP contribution in [0.4, 0.5) is 0 Å². The molecule has 0 bridgehead atoms. The number of carboxylic acid groups (broad SMARTS) is 1. The molecule has 20 heavy (non-hydrogen) atoms. The van der Waals surface area contributed by atoms with Crippen LogP contribution in [0.5, 0.6) is 5.75 Å². The predicted molar refractivity (Wildman–Crippen MR) is 72.5 cm³/mol. The average Bonchev–Trinajstić information content (AvgIpc) is 2.38. The highest BCUT2D eigenvalue weighted by atomic mass is 16.5. The summed E-state index contributed by atoms with van der Waals surface area (Å²) < 4.78 is 5.11. The molecular weight excluding hydrogens is 262 g/mol. The van der Waals surface area contributed by atoms with E-state index < -0.39 is 17.9 Å². The molecule has 0 radical (unpaired) electrons. The predicted octanol–water partition coefficient (Wildman–Crippen LogP) is 0.929. The van der Waals surface area contributed by atoms with Crippen LogP contribution >= 0.6 is 0 Å². The van der Waals surface area contributed by atoms with Gasteiger partial charge in [0.05, 0.1) is 6.10 Å². The van der Waals surface area contributed by atoms with E-state index in [1.807, 2.05) is 0 Å². The lowest BCUT2D eigenvalue weighted by Crippen LogP contribution is -2.44. The fraction of sp³-hybridized carbons (Fsp3) is 0.429. The van der Waals surface area contributed by atoms with Crippen LogP contribution in [-0.2, 0) is 20.7 Å². The van der Waals surface area contributed by atoms with Crippen LogP contribution in [0.15, 0.2) is 24.3 Å². The SMILES string of the molecule is CC(C)OCC(=O)NC(Cc1ccc(O)cc1)C(=O)O. The second-order valence-corrected chi connectivity index (χ2v) is 4.69. The van der Waals surface area contributed by atoms with Gasteiger partial charge in [-0.15, -0.1) is 0 Å². The number of amides is 1. The number of phenols is 1. The monoisotopic (exact) mass is 281 g/mol. The van der Waals surface area contributed by atoms with Gasteiger partial charge in [-0.1, -0.05) is 12.1 Å². The van der Waals surface area contributed by atoms with E-state index in [-0.39, 0.29) is 24.9 Å². The Morgan fingerprint density at radius 2 is 1.85 bits per heavy atom. The summed E-state index contributed by atoms with van der Waals surface area (Å²) in [6.45, 7) is 3.41. The largest absolute Gasteiger partial charge is 0.508 e. The molecule has 0 saturated heterocycles. The smallest absolute Gasteiger partial charge is 0.326 e. The van der Waals surface area contributed by atoms with Crippen LogP contribution in [-0.4, -0.2) is 40.8 Å². The maximum atomic E-state index is 11.6. The first-order chi connectivity index (χ1) is 9.38. The zero-order chi connectivity index (χ0) is 15.1. The number of carbonyl (C=O) groups is 2. The van der Waals surface area contributed by atoms with Gasteiger partial charge in [0.1, 0.15) is 18.4 Å². The summed E-state index contributed by atoms with van der Waals surface area (Å²) in [5.41, 5.74) is 0.709. The quantitative estimate of drug-likeness (QED) is 0.691. The van der Waals surface area contributed by atoms with Gasteiger partial charge in [0.15, 0.2) is 0 Å². The maximum Gasteiger partial charge on any atom is 0.326 e. The van der Waals surface area contributed by atoms with Crippen LogP contribution in [0.3, 0.4) is 0 Å². The van der Waals surface area contributed by atoms with Crippen molar-refractivity contribution in [2.75, 3.05) is 6.61 Å². The summed E-state index contributed by atoms with van der Waals surface area (Å²) in [6.07, 6.45) is 0.0457. The topological polar surface area (TPSA) is 95.9 Å². The molecule has 0 aromatic heterocycles. The number of nitrogens with one attached hydrogen (secondary N) is 1. The van der Waals surface area contributed by atoms with E-state index in [0.717, 1.165) is 0 Å². The van der Waals surface area contributed by atoms with Gasteiger partial charge < -0.3 is 20.3 Å². The highest BCUT2D eigenvalue weighted by Gasteiger charge is 2.20. The van der Waals surface area contributed by atoms with Crippen molar-refractivity contribution in [2.45, 2.75) is 32.4 Å². The number of aromatic hydroxyl groups is 1. The molecule has 1 aromatic carbocycles. The molecule has 0 aliphatic carbocycles. The molecule has 1 atom stereocenters. The highest BCUT2D eigenvalue weighted by Crippen LogP contribution is 2.11. The molecule has 110 valence electrons. The molecule has 0 aliphatic heterocycles. The van der Waals surface area contributed by atoms with E-state index in [1.165, 1.54) is 12.1 Å². The molecule has 6 nitrogen and oxygen atoms in total. The van der Waals surface area contributed by atoms with Crippen LogP contribution < -0.4 is 5.32 Å². The summed E-state index contributed by atoms with van der Waals surface area (Å²) in [5.74, 6) is -1.48. The van der Waals surface area contributed by atoms with Gasteiger partial charge in [-0.25, -0.2) is 4.79 Å². The van der Waals surface area contributed by atoms with Gasteiger partial charge >= 0.3 is 5.97 Å². The van der Waals surface area contributed by atoms with Crippen molar-refractivity contribution < 1.29 is 24.5 Å². The van der Waals surface area contributed by atoms with Crippen LogP contribution in [0.1, 0.15) is 19.4 Å². The zero-order valence-electron chi connectivity index (χ0n) is 11.5. The Kier molecular flexibility index (Phi) is 5.99. The van der Waals surface area contributed by atoms with E-state index in [9.17, 15) is 9.59 Å². The molecule has 0 fully saturated rings. The minimum absolute atomic E-state index is 0.0962. The highest BCUT2D eigenvalue weighted by molar-refractivity contribution is 5.84. The van der Waals surface area contributed by atoms with Crippen LogP contribution in [0, 0.1) is 0 Å². The summed E-state index contributed by atoms with van der Waals surface area (Å²) >= 11 is 0. The average molecular weight is 281 g/mol. The lowest BCUT2D eigenvalue weighted by Gasteiger charge is -2.15. The van der Waals surface area contributed by atoms with E-state index >= 15 is 0 Å². The number of hydrogen-bond donors (Lipinski definition) is 3. The number of carbonyl (C=O) groups excluding carboxylic acids is 1. The van der Waals surface area contributed by atoms with Gasteiger partial charge in [0.25, 0.3) is 0 Å². The first-order valence-electron chi connectivity index (χ1n) is 6.30. The summed E-state index contributed by atoms with van der Waals surface area (Å²) in [6, 6.07) is 5.14. The lowest BCUT2D eigenvalue weighted by atomic mass is 10.1. The molecule has 1 amide bonds. The Labute approximate surface area is 117 Å². The fourth-order valence-electron chi connectivity index (χ4n) is 1.55. The van der Waals surface area contributed by atoms with Crippen molar-refractivity contribution >= 4 is 11.9 Å². The van der Waals surface area contributed by atoms with Crippen LogP contribution in [0.2, 0.25) is 0 Å². The van der Waals surface area contributed by atoms with Gasteiger partial charge in [-0.05, 0) is 31.5 Å². The molecule has 1 aromatic rings.